The van der Waals surface area contributed by atoms with Crippen molar-refractivity contribution in [2.24, 2.45) is 0 Å². The average Bonchev–Trinajstić information content (AvgIpc) is 2.54. The van der Waals surface area contributed by atoms with Crippen LogP contribution in [0.2, 0.25) is 0 Å². The van der Waals surface area contributed by atoms with Crippen molar-refractivity contribution >= 4 is 11.6 Å². The molecule has 0 fully saturated rings. The maximum absolute atomic E-state index is 12.3. The number of aryl methyl sites for hydroxylation is 1. The van der Waals surface area contributed by atoms with E-state index in [1.54, 1.807) is 19.2 Å². The minimum Gasteiger partial charge on any atom is -0.496 e. The predicted molar refractivity (Wildman–Crippen MR) is 86.0 cm³/mol. The van der Waals surface area contributed by atoms with Gasteiger partial charge < -0.3 is 10.1 Å². The van der Waals surface area contributed by atoms with Crippen LogP contribution >= 0.6 is 0 Å². The number of hydrogen-bond donors (Lipinski definition) is 1. The molecule has 3 heteroatoms. The summed E-state index contributed by atoms with van der Waals surface area (Å²) in [5.41, 5.74) is 2.63. The SMILES string of the molecule is CCCCc1ccc(NC(=O)c2ccccc2OC)cc1. The minimum atomic E-state index is -0.159. The minimum absolute atomic E-state index is 0.159. The Labute approximate surface area is 126 Å². The number of benzene rings is 2. The maximum atomic E-state index is 12.3. The number of nitrogens with one attached hydrogen (secondary N) is 1. The Morgan fingerprint density at radius 1 is 1.10 bits per heavy atom. The summed E-state index contributed by atoms with van der Waals surface area (Å²) in [6, 6.07) is 15.2. The molecule has 1 amide bonds. The van der Waals surface area contributed by atoms with Gasteiger partial charge >= 0.3 is 0 Å². The van der Waals surface area contributed by atoms with Crippen molar-refractivity contribution in [1.82, 2.24) is 0 Å². The number of carbonyl (C=O) groups is 1. The largest absolute Gasteiger partial charge is 0.496 e. The van der Waals surface area contributed by atoms with E-state index in [0.29, 0.717) is 11.3 Å². The van der Waals surface area contributed by atoms with Gasteiger partial charge in [0.05, 0.1) is 12.7 Å². The molecule has 0 atom stereocenters. The quantitative estimate of drug-likeness (QED) is 0.858. The first kappa shape index (κ1) is 15.1. The lowest BCUT2D eigenvalue weighted by Crippen LogP contribution is -2.13. The molecular weight excluding hydrogens is 262 g/mol. The first-order chi connectivity index (χ1) is 10.2. The molecule has 0 aliphatic carbocycles. The summed E-state index contributed by atoms with van der Waals surface area (Å²) in [5, 5.41) is 2.90. The van der Waals surface area contributed by atoms with E-state index in [1.807, 2.05) is 24.3 Å². The lowest BCUT2D eigenvalue weighted by Gasteiger charge is -2.09. The van der Waals surface area contributed by atoms with Crippen LogP contribution in [0.4, 0.5) is 5.69 Å². The molecule has 0 aliphatic heterocycles. The predicted octanol–water partition coefficient (Wildman–Crippen LogP) is 4.29. The molecule has 1 N–H and O–H groups in total. The first-order valence-corrected chi connectivity index (χ1v) is 7.28. The Bertz CT molecular complexity index is 590. The molecule has 2 aromatic carbocycles. The monoisotopic (exact) mass is 283 g/mol. The van der Waals surface area contributed by atoms with Crippen molar-refractivity contribution in [3.05, 3.63) is 59.7 Å². The molecule has 0 aliphatic rings. The topological polar surface area (TPSA) is 38.3 Å². The zero-order valence-electron chi connectivity index (χ0n) is 12.6. The molecule has 0 spiro atoms. The second-order valence-corrected chi connectivity index (χ2v) is 4.95. The van der Waals surface area contributed by atoms with Gasteiger partial charge in [-0.05, 0) is 42.7 Å². The van der Waals surface area contributed by atoms with E-state index in [2.05, 4.69) is 24.4 Å². The Kier molecular flexibility index (Phi) is 5.38. The van der Waals surface area contributed by atoms with Gasteiger partial charge in [0.15, 0.2) is 0 Å². The number of rotatable bonds is 6. The van der Waals surface area contributed by atoms with Crippen LogP contribution in [0.3, 0.4) is 0 Å². The highest BCUT2D eigenvalue weighted by Crippen LogP contribution is 2.19. The van der Waals surface area contributed by atoms with E-state index in [4.69, 9.17) is 4.74 Å². The molecule has 2 rings (SSSR count). The normalized spacial score (nSPS) is 10.2. The molecule has 0 saturated heterocycles. The number of carbonyl (C=O) groups excluding carboxylic acids is 1. The summed E-state index contributed by atoms with van der Waals surface area (Å²) in [5.74, 6) is 0.420. The van der Waals surface area contributed by atoms with Gasteiger partial charge in [-0.15, -0.1) is 0 Å². The van der Waals surface area contributed by atoms with E-state index in [0.717, 1.165) is 12.1 Å². The van der Waals surface area contributed by atoms with Crippen molar-refractivity contribution in [2.75, 3.05) is 12.4 Å². The van der Waals surface area contributed by atoms with Crippen LogP contribution in [-0.2, 0) is 6.42 Å². The van der Waals surface area contributed by atoms with Gasteiger partial charge in [-0.2, -0.15) is 0 Å². The second-order valence-electron chi connectivity index (χ2n) is 4.95. The Morgan fingerprint density at radius 3 is 2.48 bits per heavy atom. The molecule has 0 saturated carbocycles. The molecule has 0 radical (unpaired) electrons. The zero-order valence-corrected chi connectivity index (χ0v) is 12.6. The van der Waals surface area contributed by atoms with Gasteiger partial charge in [-0.1, -0.05) is 37.6 Å². The molecule has 21 heavy (non-hydrogen) atoms. The van der Waals surface area contributed by atoms with E-state index in [1.165, 1.54) is 18.4 Å². The molecule has 0 heterocycles. The number of para-hydroxylation sites is 1. The molecule has 110 valence electrons. The average molecular weight is 283 g/mol. The number of methoxy groups -OCH3 is 1. The Hall–Kier alpha value is -2.29. The Balaban J connectivity index is 2.05. The van der Waals surface area contributed by atoms with E-state index in [9.17, 15) is 4.79 Å². The fraction of sp³-hybridized carbons (Fsp3) is 0.278. The smallest absolute Gasteiger partial charge is 0.259 e. The molecule has 0 bridgehead atoms. The van der Waals surface area contributed by atoms with E-state index >= 15 is 0 Å². The molecular formula is C18H21NO2. The highest BCUT2D eigenvalue weighted by Gasteiger charge is 2.11. The van der Waals surface area contributed by atoms with E-state index in [-0.39, 0.29) is 5.91 Å². The van der Waals surface area contributed by atoms with Crippen LogP contribution in [0.1, 0.15) is 35.7 Å². The van der Waals surface area contributed by atoms with Gasteiger partial charge in [-0.25, -0.2) is 0 Å². The van der Waals surface area contributed by atoms with Crippen LogP contribution < -0.4 is 10.1 Å². The number of anilines is 1. The van der Waals surface area contributed by atoms with Crippen molar-refractivity contribution in [3.63, 3.8) is 0 Å². The number of hydrogen-bond acceptors (Lipinski definition) is 2. The summed E-state index contributed by atoms with van der Waals surface area (Å²) < 4.78 is 5.21. The van der Waals surface area contributed by atoms with Gasteiger partial charge in [0.1, 0.15) is 5.75 Å². The van der Waals surface area contributed by atoms with Gasteiger partial charge in [0.2, 0.25) is 0 Å². The number of amides is 1. The number of ether oxygens (including phenoxy) is 1. The fourth-order valence-corrected chi connectivity index (χ4v) is 2.17. The van der Waals surface area contributed by atoms with Crippen molar-refractivity contribution in [2.45, 2.75) is 26.2 Å². The summed E-state index contributed by atoms with van der Waals surface area (Å²) >= 11 is 0. The summed E-state index contributed by atoms with van der Waals surface area (Å²) in [7, 11) is 1.56. The molecule has 3 nitrogen and oxygen atoms in total. The lowest BCUT2D eigenvalue weighted by molar-refractivity contribution is 0.102. The van der Waals surface area contributed by atoms with Crippen LogP contribution in [0.5, 0.6) is 5.75 Å². The van der Waals surface area contributed by atoms with Crippen molar-refractivity contribution in [1.29, 1.82) is 0 Å². The zero-order chi connectivity index (χ0) is 15.1. The van der Waals surface area contributed by atoms with Crippen LogP contribution in [0.15, 0.2) is 48.5 Å². The highest BCUT2D eigenvalue weighted by atomic mass is 16.5. The summed E-state index contributed by atoms with van der Waals surface area (Å²) in [4.78, 5) is 12.3. The molecule has 0 unspecified atom stereocenters. The van der Waals surface area contributed by atoms with Crippen LogP contribution in [0.25, 0.3) is 0 Å². The second kappa shape index (κ2) is 7.48. The fourth-order valence-electron chi connectivity index (χ4n) is 2.17. The third-order valence-electron chi connectivity index (χ3n) is 3.38. The third kappa shape index (κ3) is 4.09. The number of unbranched alkanes of at least 4 members (excludes halogenated alkanes) is 1. The molecule has 0 aromatic heterocycles. The standard InChI is InChI=1S/C18H21NO2/c1-3-4-7-14-10-12-15(13-11-14)19-18(20)16-8-5-6-9-17(16)21-2/h5-6,8-13H,3-4,7H2,1-2H3,(H,19,20). The highest BCUT2D eigenvalue weighted by molar-refractivity contribution is 6.06. The van der Waals surface area contributed by atoms with Gasteiger partial charge in [-0.3, -0.25) is 4.79 Å². The Morgan fingerprint density at radius 2 is 1.81 bits per heavy atom. The molecule has 2 aromatic rings. The summed E-state index contributed by atoms with van der Waals surface area (Å²) in [6.45, 7) is 2.18. The van der Waals surface area contributed by atoms with Crippen molar-refractivity contribution in [3.8, 4) is 5.75 Å². The lowest BCUT2D eigenvalue weighted by atomic mass is 10.1. The first-order valence-electron chi connectivity index (χ1n) is 7.28. The van der Waals surface area contributed by atoms with E-state index < -0.39 is 0 Å². The van der Waals surface area contributed by atoms with Gasteiger partial charge in [0.25, 0.3) is 5.91 Å². The van der Waals surface area contributed by atoms with Crippen LogP contribution in [-0.4, -0.2) is 13.0 Å². The van der Waals surface area contributed by atoms with Crippen LogP contribution in [0, 0.1) is 0 Å². The van der Waals surface area contributed by atoms with Crippen molar-refractivity contribution < 1.29 is 9.53 Å². The van der Waals surface area contributed by atoms with Gasteiger partial charge in [0, 0.05) is 5.69 Å². The summed E-state index contributed by atoms with van der Waals surface area (Å²) in [6.07, 6.45) is 3.45. The third-order valence-corrected chi connectivity index (χ3v) is 3.38. The maximum Gasteiger partial charge on any atom is 0.259 e.